The number of phenolic OH excluding ortho intramolecular Hbond substituents is 2. The molecule has 3 nitrogen and oxygen atoms in total. The molecule has 0 bridgehead atoms. The summed E-state index contributed by atoms with van der Waals surface area (Å²) in [6, 6.07) is 33.8. The molecule has 1 heterocycles. The largest absolute Gasteiger partial charge is 0.508 e. The molecule has 0 unspecified atom stereocenters. The van der Waals surface area contributed by atoms with E-state index < -0.39 is 5.54 Å². The van der Waals surface area contributed by atoms with Crippen molar-refractivity contribution in [2.75, 3.05) is 4.90 Å². The van der Waals surface area contributed by atoms with E-state index in [0.29, 0.717) is 0 Å². The fourth-order valence-electron chi connectivity index (χ4n) is 4.53. The quantitative estimate of drug-likeness (QED) is 0.500. The number of rotatable bonds is 3. The lowest BCUT2D eigenvalue weighted by molar-refractivity contribution is 0.473. The smallest absolute Gasteiger partial charge is 0.117 e. The maximum atomic E-state index is 9.92. The summed E-state index contributed by atoms with van der Waals surface area (Å²) in [5.74, 6) is 0.485. The molecule has 0 aromatic heterocycles. The molecule has 0 saturated carbocycles. The standard InChI is InChI=1S/C26H21NO2/c28-23-14-10-20(11-15-23)26(21-12-16-24(29)17-13-21)25-9-5-4-6-19(25)18-27(26)22-7-2-1-3-8-22/h1-17,28-29H,18H2. The Morgan fingerprint density at radius 1 is 0.586 bits per heavy atom. The van der Waals surface area contributed by atoms with Crippen LogP contribution in [0.15, 0.2) is 103 Å². The first-order valence-corrected chi connectivity index (χ1v) is 9.69. The molecule has 0 fully saturated rings. The van der Waals surface area contributed by atoms with Crippen LogP contribution in [0.25, 0.3) is 0 Å². The summed E-state index contributed by atoms with van der Waals surface area (Å²) >= 11 is 0. The maximum absolute atomic E-state index is 9.92. The molecular formula is C26H21NO2. The minimum atomic E-state index is -0.570. The van der Waals surface area contributed by atoms with Gasteiger partial charge in [-0.1, -0.05) is 66.7 Å². The number of para-hydroxylation sites is 1. The van der Waals surface area contributed by atoms with Gasteiger partial charge in [-0.15, -0.1) is 0 Å². The highest BCUT2D eigenvalue weighted by molar-refractivity contribution is 5.68. The van der Waals surface area contributed by atoms with Gasteiger partial charge in [-0.25, -0.2) is 0 Å². The number of fused-ring (bicyclic) bond motifs is 1. The van der Waals surface area contributed by atoms with Crippen LogP contribution in [-0.2, 0) is 12.1 Å². The van der Waals surface area contributed by atoms with Gasteiger partial charge < -0.3 is 15.1 Å². The molecule has 3 heteroatoms. The molecule has 29 heavy (non-hydrogen) atoms. The zero-order valence-corrected chi connectivity index (χ0v) is 15.9. The number of anilines is 1. The summed E-state index contributed by atoms with van der Waals surface area (Å²) in [5, 5.41) is 19.8. The summed E-state index contributed by atoms with van der Waals surface area (Å²) in [5.41, 5.74) is 5.14. The molecule has 0 spiro atoms. The Morgan fingerprint density at radius 3 is 1.69 bits per heavy atom. The van der Waals surface area contributed by atoms with Crippen molar-refractivity contribution in [2.24, 2.45) is 0 Å². The fraction of sp³-hybridized carbons (Fsp3) is 0.0769. The third kappa shape index (κ3) is 2.66. The third-order valence-electron chi connectivity index (χ3n) is 5.78. The Kier molecular flexibility index (Phi) is 4.02. The van der Waals surface area contributed by atoms with Gasteiger partial charge in [-0.05, 0) is 58.7 Å². The average Bonchev–Trinajstić information content (AvgIpc) is 3.11. The van der Waals surface area contributed by atoms with E-state index in [1.807, 2.05) is 30.3 Å². The molecule has 0 atom stereocenters. The van der Waals surface area contributed by atoms with Gasteiger partial charge in [0.1, 0.15) is 17.0 Å². The van der Waals surface area contributed by atoms with Crippen LogP contribution in [-0.4, -0.2) is 10.2 Å². The maximum Gasteiger partial charge on any atom is 0.117 e. The molecule has 4 aromatic rings. The number of hydrogen-bond acceptors (Lipinski definition) is 3. The molecule has 1 aliphatic rings. The molecule has 0 amide bonds. The predicted octanol–water partition coefficient (Wildman–Crippen LogP) is 5.41. The monoisotopic (exact) mass is 379 g/mol. The first-order valence-electron chi connectivity index (χ1n) is 9.69. The van der Waals surface area contributed by atoms with E-state index in [9.17, 15) is 10.2 Å². The Bertz CT molecular complexity index is 1090. The van der Waals surface area contributed by atoms with Crippen molar-refractivity contribution < 1.29 is 10.2 Å². The number of benzene rings is 4. The van der Waals surface area contributed by atoms with Gasteiger partial charge in [0, 0.05) is 12.2 Å². The van der Waals surface area contributed by atoms with E-state index in [0.717, 1.165) is 23.4 Å². The Hall–Kier alpha value is -3.72. The van der Waals surface area contributed by atoms with E-state index in [4.69, 9.17) is 0 Å². The highest BCUT2D eigenvalue weighted by Gasteiger charge is 2.48. The lowest BCUT2D eigenvalue weighted by Crippen LogP contribution is -2.43. The zero-order chi connectivity index (χ0) is 19.8. The molecule has 4 aromatic carbocycles. The second-order valence-corrected chi connectivity index (χ2v) is 7.38. The third-order valence-corrected chi connectivity index (χ3v) is 5.78. The van der Waals surface area contributed by atoms with Crippen molar-refractivity contribution in [2.45, 2.75) is 12.1 Å². The average molecular weight is 379 g/mol. The summed E-state index contributed by atoms with van der Waals surface area (Å²) < 4.78 is 0. The SMILES string of the molecule is Oc1ccc(C2(c3ccc(O)cc3)c3ccccc3CN2c2ccccc2)cc1. The number of nitrogens with zero attached hydrogens (tertiary/aromatic N) is 1. The Labute approximate surface area is 170 Å². The van der Waals surface area contributed by atoms with Gasteiger partial charge in [0.05, 0.1) is 0 Å². The van der Waals surface area contributed by atoms with Gasteiger partial charge in [-0.2, -0.15) is 0 Å². The predicted molar refractivity (Wildman–Crippen MR) is 115 cm³/mol. The molecule has 0 saturated heterocycles. The Morgan fingerprint density at radius 2 is 1.10 bits per heavy atom. The fourth-order valence-corrected chi connectivity index (χ4v) is 4.53. The first-order chi connectivity index (χ1) is 14.2. The van der Waals surface area contributed by atoms with Crippen molar-refractivity contribution in [1.82, 2.24) is 0 Å². The van der Waals surface area contributed by atoms with Crippen LogP contribution in [0, 0.1) is 0 Å². The topological polar surface area (TPSA) is 43.7 Å². The van der Waals surface area contributed by atoms with Crippen molar-refractivity contribution in [1.29, 1.82) is 0 Å². The van der Waals surface area contributed by atoms with Crippen LogP contribution in [0.5, 0.6) is 11.5 Å². The summed E-state index contributed by atoms with van der Waals surface area (Å²) in [4.78, 5) is 2.40. The first kappa shape index (κ1) is 17.4. The number of phenols is 2. The molecule has 5 rings (SSSR count). The lowest BCUT2D eigenvalue weighted by Gasteiger charge is -2.42. The van der Waals surface area contributed by atoms with Crippen LogP contribution < -0.4 is 4.90 Å². The van der Waals surface area contributed by atoms with E-state index in [2.05, 4.69) is 53.4 Å². The Balaban J connectivity index is 1.86. The van der Waals surface area contributed by atoms with Gasteiger partial charge in [0.25, 0.3) is 0 Å². The van der Waals surface area contributed by atoms with Gasteiger partial charge in [0.2, 0.25) is 0 Å². The van der Waals surface area contributed by atoms with Crippen LogP contribution in [0.1, 0.15) is 22.3 Å². The number of hydrogen-bond donors (Lipinski definition) is 2. The lowest BCUT2D eigenvalue weighted by atomic mass is 9.76. The molecule has 1 aliphatic heterocycles. The molecule has 2 N–H and O–H groups in total. The van der Waals surface area contributed by atoms with Crippen molar-refractivity contribution >= 4 is 5.69 Å². The van der Waals surface area contributed by atoms with Gasteiger partial charge >= 0.3 is 0 Å². The van der Waals surface area contributed by atoms with E-state index in [-0.39, 0.29) is 11.5 Å². The van der Waals surface area contributed by atoms with E-state index in [1.165, 1.54) is 11.1 Å². The minimum absolute atomic E-state index is 0.243. The minimum Gasteiger partial charge on any atom is -0.508 e. The molecule has 0 radical (unpaired) electrons. The van der Waals surface area contributed by atoms with Crippen LogP contribution >= 0.6 is 0 Å². The summed E-state index contributed by atoms with van der Waals surface area (Å²) in [6.45, 7) is 0.766. The van der Waals surface area contributed by atoms with Gasteiger partial charge in [-0.3, -0.25) is 0 Å². The second-order valence-electron chi connectivity index (χ2n) is 7.38. The summed E-state index contributed by atoms with van der Waals surface area (Å²) in [7, 11) is 0. The summed E-state index contributed by atoms with van der Waals surface area (Å²) in [6.07, 6.45) is 0. The van der Waals surface area contributed by atoms with Gasteiger partial charge in [0.15, 0.2) is 0 Å². The zero-order valence-electron chi connectivity index (χ0n) is 15.9. The van der Waals surface area contributed by atoms with E-state index >= 15 is 0 Å². The van der Waals surface area contributed by atoms with Crippen molar-refractivity contribution in [3.63, 3.8) is 0 Å². The van der Waals surface area contributed by atoms with Crippen molar-refractivity contribution in [3.8, 4) is 11.5 Å². The molecular weight excluding hydrogens is 358 g/mol. The van der Waals surface area contributed by atoms with Crippen LogP contribution in [0.2, 0.25) is 0 Å². The molecule has 0 aliphatic carbocycles. The van der Waals surface area contributed by atoms with E-state index in [1.54, 1.807) is 24.3 Å². The second kappa shape index (κ2) is 6.71. The molecule has 142 valence electrons. The normalized spacial score (nSPS) is 14.6. The van der Waals surface area contributed by atoms with Crippen LogP contribution in [0.4, 0.5) is 5.69 Å². The number of aromatic hydroxyl groups is 2. The van der Waals surface area contributed by atoms with Crippen molar-refractivity contribution in [3.05, 3.63) is 125 Å². The highest BCUT2D eigenvalue weighted by atomic mass is 16.3. The highest BCUT2D eigenvalue weighted by Crippen LogP contribution is 2.51. The van der Waals surface area contributed by atoms with Crippen LogP contribution in [0.3, 0.4) is 0 Å².